The molecule has 0 aromatic heterocycles. The normalized spacial score (nSPS) is 16.5. The second-order valence-electron chi connectivity index (χ2n) is 7.91. The molecule has 2 aromatic carbocycles. The maximum atomic E-state index is 13.1. The molecule has 0 spiro atoms. The van der Waals surface area contributed by atoms with Crippen LogP contribution >= 0.6 is 0 Å². The largest absolute Gasteiger partial charge is 0.492 e. The highest BCUT2D eigenvalue weighted by Crippen LogP contribution is 2.37. The van der Waals surface area contributed by atoms with Crippen molar-refractivity contribution < 1.29 is 27.5 Å². The van der Waals surface area contributed by atoms with Gasteiger partial charge in [-0.25, -0.2) is 8.42 Å². The van der Waals surface area contributed by atoms with Gasteiger partial charge in [-0.1, -0.05) is 24.6 Å². The Kier molecular flexibility index (Phi) is 8.51. The Bertz CT molecular complexity index is 1120. The van der Waals surface area contributed by atoms with E-state index in [1.807, 2.05) is 13.0 Å². The molecule has 3 rings (SSSR count). The summed E-state index contributed by atoms with van der Waals surface area (Å²) in [6.45, 7) is 4.58. The number of piperidine rings is 1. The molecule has 1 aliphatic heterocycles. The van der Waals surface area contributed by atoms with E-state index in [2.05, 4.69) is 10.6 Å². The van der Waals surface area contributed by atoms with Crippen LogP contribution in [0.15, 0.2) is 42.5 Å². The van der Waals surface area contributed by atoms with E-state index in [4.69, 9.17) is 9.47 Å². The van der Waals surface area contributed by atoms with Crippen LogP contribution in [-0.4, -0.2) is 56.6 Å². The van der Waals surface area contributed by atoms with E-state index in [0.29, 0.717) is 61.0 Å². The van der Waals surface area contributed by atoms with Gasteiger partial charge in [0.2, 0.25) is 15.9 Å². The van der Waals surface area contributed by atoms with Crippen molar-refractivity contribution in [3.63, 3.8) is 0 Å². The van der Waals surface area contributed by atoms with E-state index in [1.165, 1.54) is 4.31 Å². The van der Waals surface area contributed by atoms with Crippen LogP contribution in [-0.2, 0) is 14.8 Å². The minimum Gasteiger partial charge on any atom is -0.492 e. The SMILES string of the molecule is CCOc1cc(NC(=O)C2CCCCN2S(C)(=O)=O)c(OCC)cc1NC(=O)c1ccccc1. The third-order valence-corrected chi connectivity index (χ3v) is 6.69. The summed E-state index contributed by atoms with van der Waals surface area (Å²) in [6, 6.07) is 11.1. The lowest BCUT2D eigenvalue weighted by Gasteiger charge is -2.32. The van der Waals surface area contributed by atoms with Gasteiger partial charge in [0.1, 0.15) is 17.5 Å². The fraction of sp³-hybridized carbons (Fsp3) is 0.417. The van der Waals surface area contributed by atoms with Crippen molar-refractivity contribution >= 4 is 33.2 Å². The van der Waals surface area contributed by atoms with Crippen LogP contribution in [0.25, 0.3) is 0 Å². The zero-order valence-electron chi connectivity index (χ0n) is 19.7. The highest BCUT2D eigenvalue weighted by Gasteiger charge is 2.35. The van der Waals surface area contributed by atoms with Gasteiger partial charge in [0.05, 0.1) is 30.8 Å². The van der Waals surface area contributed by atoms with Crippen LogP contribution < -0.4 is 20.1 Å². The molecule has 0 bridgehead atoms. The molecule has 10 heteroatoms. The molecule has 184 valence electrons. The molecule has 1 heterocycles. The second kappa shape index (κ2) is 11.3. The Hall–Kier alpha value is -3.11. The minimum atomic E-state index is -3.53. The van der Waals surface area contributed by atoms with Gasteiger partial charge in [0.25, 0.3) is 5.91 Å². The van der Waals surface area contributed by atoms with Crippen LogP contribution in [0, 0.1) is 0 Å². The van der Waals surface area contributed by atoms with Crippen LogP contribution in [0.5, 0.6) is 11.5 Å². The lowest BCUT2D eigenvalue weighted by atomic mass is 10.0. The standard InChI is InChI=1S/C24H31N3O6S/c1-4-32-21-16-19(26-24(29)20-13-9-10-14-27(20)34(3,30)31)22(33-5-2)15-18(21)25-23(28)17-11-7-6-8-12-17/h6-8,11-12,15-16,20H,4-5,9-10,13-14H2,1-3H3,(H,25,28)(H,26,29). The predicted molar refractivity (Wildman–Crippen MR) is 131 cm³/mol. The van der Waals surface area contributed by atoms with E-state index in [0.717, 1.165) is 12.7 Å². The van der Waals surface area contributed by atoms with Crippen LogP contribution in [0.4, 0.5) is 11.4 Å². The minimum absolute atomic E-state index is 0.309. The van der Waals surface area contributed by atoms with Gasteiger partial charge in [0.15, 0.2) is 0 Å². The van der Waals surface area contributed by atoms with Crippen molar-refractivity contribution in [2.75, 3.05) is 36.6 Å². The van der Waals surface area contributed by atoms with E-state index < -0.39 is 22.0 Å². The van der Waals surface area contributed by atoms with Crippen molar-refractivity contribution in [2.45, 2.75) is 39.2 Å². The molecule has 2 aromatic rings. The van der Waals surface area contributed by atoms with Gasteiger partial charge in [0, 0.05) is 24.2 Å². The first-order valence-electron chi connectivity index (χ1n) is 11.3. The molecule has 9 nitrogen and oxygen atoms in total. The van der Waals surface area contributed by atoms with Crippen molar-refractivity contribution in [3.05, 3.63) is 48.0 Å². The molecular formula is C24H31N3O6S. The number of ether oxygens (including phenoxy) is 2. The number of amides is 2. The molecule has 1 atom stereocenters. The molecule has 0 aliphatic carbocycles. The molecule has 1 unspecified atom stereocenters. The maximum absolute atomic E-state index is 13.1. The molecule has 1 aliphatic rings. The van der Waals surface area contributed by atoms with Crippen LogP contribution in [0.3, 0.4) is 0 Å². The number of sulfonamides is 1. The number of carbonyl (C=O) groups is 2. The van der Waals surface area contributed by atoms with Crippen molar-refractivity contribution in [3.8, 4) is 11.5 Å². The van der Waals surface area contributed by atoms with E-state index in [9.17, 15) is 18.0 Å². The third-order valence-electron chi connectivity index (χ3n) is 5.41. The van der Waals surface area contributed by atoms with Crippen molar-refractivity contribution in [1.82, 2.24) is 4.31 Å². The van der Waals surface area contributed by atoms with Crippen LogP contribution in [0.1, 0.15) is 43.5 Å². The number of hydrogen-bond acceptors (Lipinski definition) is 6. The summed E-state index contributed by atoms with van der Waals surface area (Å²) in [4.78, 5) is 25.8. The maximum Gasteiger partial charge on any atom is 0.255 e. The highest BCUT2D eigenvalue weighted by atomic mass is 32.2. The first-order chi connectivity index (χ1) is 16.2. The summed E-state index contributed by atoms with van der Waals surface area (Å²) in [6.07, 6.45) is 3.02. The van der Waals surface area contributed by atoms with Gasteiger partial charge in [-0.05, 0) is 38.8 Å². The molecule has 1 saturated heterocycles. The molecule has 2 amide bonds. The molecular weight excluding hydrogens is 458 g/mol. The molecule has 0 saturated carbocycles. The Morgan fingerprint density at radius 1 is 0.971 bits per heavy atom. The fourth-order valence-electron chi connectivity index (χ4n) is 3.87. The average Bonchev–Trinajstić information content (AvgIpc) is 2.82. The molecule has 1 fully saturated rings. The quantitative estimate of drug-likeness (QED) is 0.557. The molecule has 2 N–H and O–H groups in total. The number of hydrogen-bond donors (Lipinski definition) is 2. The van der Waals surface area contributed by atoms with Crippen molar-refractivity contribution in [2.24, 2.45) is 0 Å². The number of anilines is 2. The summed E-state index contributed by atoms with van der Waals surface area (Å²) in [5, 5.41) is 5.65. The Balaban J connectivity index is 1.91. The fourth-order valence-corrected chi connectivity index (χ4v) is 4.99. The predicted octanol–water partition coefficient (Wildman–Crippen LogP) is 3.49. The van der Waals surface area contributed by atoms with Gasteiger partial charge >= 0.3 is 0 Å². The summed E-state index contributed by atoms with van der Waals surface area (Å²) in [5.41, 5.74) is 1.22. The molecule has 34 heavy (non-hydrogen) atoms. The number of nitrogens with one attached hydrogen (secondary N) is 2. The van der Waals surface area contributed by atoms with Gasteiger partial charge in [-0.3, -0.25) is 9.59 Å². The number of carbonyl (C=O) groups excluding carboxylic acids is 2. The van der Waals surface area contributed by atoms with Gasteiger partial charge < -0.3 is 20.1 Å². The van der Waals surface area contributed by atoms with Crippen molar-refractivity contribution in [1.29, 1.82) is 0 Å². The number of rotatable bonds is 9. The summed E-state index contributed by atoms with van der Waals surface area (Å²) in [5.74, 6) is -0.0556. The molecule has 0 radical (unpaired) electrons. The summed E-state index contributed by atoms with van der Waals surface area (Å²) < 4.78 is 37.1. The second-order valence-corrected chi connectivity index (χ2v) is 9.84. The number of nitrogens with zero attached hydrogens (tertiary/aromatic N) is 1. The highest BCUT2D eigenvalue weighted by molar-refractivity contribution is 7.88. The number of benzene rings is 2. The van der Waals surface area contributed by atoms with Crippen LogP contribution in [0.2, 0.25) is 0 Å². The monoisotopic (exact) mass is 489 g/mol. The van der Waals surface area contributed by atoms with E-state index in [-0.39, 0.29) is 5.91 Å². The lowest BCUT2D eigenvalue weighted by Crippen LogP contribution is -2.49. The first kappa shape index (κ1) is 25.5. The van der Waals surface area contributed by atoms with E-state index in [1.54, 1.807) is 43.3 Å². The lowest BCUT2D eigenvalue weighted by molar-refractivity contribution is -0.120. The van der Waals surface area contributed by atoms with Gasteiger partial charge in [-0.2, -0.15) is 4.31 Å². The third kappa shape index (κ3) is 6.27. The Labute approximate surface area is 200 Å². The van der Waals surface area contributed by atoms with E-state index >= 15 is 0 Å². The zero-order valence-corrected chi connectivity index (χ0v) is 20.5. The Morgan fingerprint density at radius 2 is 1.56 bits per heavy atom. The summed E-state index contributed by atoms with van der Waals surface area (Å²) >= 11 is 0. The summed E-state index contributed by atoms with van der Waals surface area (Å²) in [7, 11) is -3.53. The van der Waals surface area contributed by atoms with Gasteiger partial charge in [-0.15, -0.1) is 0 Å². The first-order valence-corrected chi connectivity index (χ1v) is 13.2. The topological polar surface area (TPSA) is 114 Å². The smallest absolute Gasteiger partial charge is 0.255 e. The Morgan fingerprint density at radius 3 is 2.12 bits per heavy atom. The zero-order chi connectivity index (χ0) is 24.7. The average molecular weight is 490 g/mol.